The molecular formula is C18H13F3IN3O. The quantitative estimate of drug-likeness (QED) is 0.575. The van der Waals surface area contributed by atoms with Gasteiger partial charge in [-0.1, -0.05) is 12.6 Å². The lowest BCUT2D eigenvalue weighted by Gasteiger charge is -2.31. The van der Waals surface area contributed by atoms with Crippen molar-refractivity contribution in [2.75, 3.05) is 0 Å². The van der Waals surface area contributed by atoms with E-state index in [-0.39, 0.29) is 23.2 Å². The maximum atomic E-state index is 14.4. The van der Waals surface area contributed by atoms with Crippen LogP contribution in [0.1, 0.15) is 11.1 Å². The van der Waals surface area contributed by atoms with Crippen molar-refractivity contribution in [2.45, 2.75) is 12.1 Å². The van der Waals surface area contributed by atoms with Crippen LogP contribution in [0.3, 0.4) is 0 Å². The van der Waals surface area contributed by atoms with Gasteiger partial charge in [-0.2, -0.15) is 5.10 Å². The van der Waals surface area contributed by atoms with Crippen LogP contribution in [-0.2, 0) is 12.1 Å². The van der Waals surface area contributed by atoms with E-state index >= 15 is 0 Å². The van der Waals surface area contributed by atoms with Gasteiger partial charge >= 0.3 is 0 Å². The SMILES string of the molecule is C=C(c1ccc(I)cc1F)C(O)(Cn1cncn1)c1ccc(F)cc1F. The molecule has 0 fully saturated rings. The standard InChI is InChI=1S/C18H13F3IN3O/c1-11(14-4-3-13(22)7-16(14)20)18(26,8-25-10-23-9-24-25)15-5-2-12(19)6-17(15)21/h2-7,9-10,26H,1,8H2. The molecule has 8 heteroatoms. The largest absolute Gasteiger partial charge is 0.378 e. The minimum absolute atomic E-state index is 0.0248. The van der Waals surface area contributed by atoms with Gasteiger partial charge in [-0.05, 0) is 52.4 Å². The van der Waals surface area contributed by atoms with Crippen molar-refractivity contribution in [3.05, 3.63) is 87.8 Å². The van der Waals surface area contributed by atoms with Crippen molar-refractivity contribution < 1.29 is 18.3 Å². The van der Waals surface area contributed by atoms with Gasteiger partial charge < -0.3 is 5.11 Å². The van der Waals surface area contributed by atoms with Gasteiger partial charge in [-0.3, -0.25) is 0 Å². The normalized spacial score (nSPS) is 13.4. The number of benzene rings is 2. The molecule has 0 saturated heterocycles. The Morgan fingerprint density at radius 1 is 1.15 bits per heavy atom. The van der Waals surface area contributed by atoms with Crippen LogP contribution in [0.25, 0.3) is 5.57 Å². The van der Waals surface area contributed by atoms with E-state index in [0.717, 1.165) is 12.1 Å². The Labute approximate surface area is 161 Å². The van der Waals surface area contributed by atoms with Crippen molar-refractivity contribution in [1.82, 2.24) is 14.8 Å². The third-order valence-corrected chi connectivity index (χ3v) is 4.66. The molecule has 4 nitrogen and oxygen atoms in total. The molecule has 1 aromatic heterocycles. The Morgan fingerprint density at radius 3 is 2.54 bits per heavy atom. The van der Waals surface area contributed by atoms with Crippen molar-refractivity contribution in [2.24, 2.45) is 0 Å². The summed E-state index contributed by atoms with van der Waals surface area (Å²) in [6.07, 6.45) is 2.57. The van der Waals surface area contributed by atoms with Gasteiger partial charge in [0.1, 0.15) is 35.7 Å². The zero-order valence-electron chi connectivity index (χ0n) is 13.3. The summed E-state index contributed by atoms with van der Waals surface area (Å²) in [4.78, 5) is 3.78. The first-order valence-corrected chi connectivity index (χ1v) is 8.54. The van der Waals surface area contributed by atoms with Crippen LogP contribution in [0.5, 0.6) is 0 Å². The highest BCUT2D eigenvalue weighted by molar-refractivity contribution is 14.1. The zero-order chi connectivity index (χ0) is 18.9. The summed E-state index contributed by atoms with van der Waals surface area (Å²) < 4.78 is 44.1. The van der Waals surface area contributed by atoms with E-state index in [9.17, 15) is 18.3 Å². The topological polar surface area (TPSA) is 50.9 Å². The van der Waals surface area contributed by atoms with Gasteiger partial charge in [0.2, 0.25) is 0 Å². The zero-order valence-corrected chi connectivity index (χ0v) is 15.5. The summed E-state index contributed by atoms with van der Waals surface area (Å²) in [7, 11) is 0. The maximum Gasteiger partial charge on any atom is 0.137 e. The minimum atomic E-state index is -2.07. The van der Waals surface area contributed by atoms with E-state index in [4.69, 9.17) is 0 Å². The van der Waals surface area contributed by atoms with Crippen LogP contribution in [0.15, 0.2) is 55.6 Å². The highest BCUT2D eigenvalue weighted by atomic mass is 127. The van der Waals surface area contributed by atoms with Crippen LogP contribution in [0.2, 0.25) is 0 Å². The lowest BCUT2D eigenvalue weighted by atomic mass is 9.82. The van der Waals surface area contributed by atoms with Crippen molar-refractivity contribution in [1.29, 1.82) is 0 Å². The number of hydrogen-bond donors (Lipinski definition) is 1. The predicted molar refractivity (Wildman–Crippen MR) is 98.4 cm³/mol. The third-order valence-electron chi connectivity index (χ3n) is 3.99. The molecule has 0 aliphatic carbocycles. The number of hydrogen-bond acceptors (Lipinski definition) is 3. The highest BCUT2D eigenvalue weighted by Gasteiger charge is 2.38. The van der Waals surface area contributed by atoms with Gasteiger partial charge in [0.25, 0.3) is 0 Å². The molecule has 0 spiro atoms. The van der Waals surface area contributed by atoms with E-state index in [1.54, 1.807) is 6.07 Å². The second-order valence-electron chi connectivity index (χ2n) is 5.68. The molecule has 26 heavy (non-hydrogen) atoms. The fourth-order valence-electron chi connectivity index (χ4n) is 2.67. The molecule has 0 aliphatic heterocycles. The summed E-state index contributed by atoms with van der Waals surface area (Å²) in [6, 6.07) is 7.14. The van der Waals surface area contributed by atoms with Crippen LogP contribution in [-0.4, -0.2) is 19.9 Å². The minimum Gasteiger partial charge on any atom is -0.378 e. The molecule has 2 aromatic carbocycles. The number of nitrogens with zero attached hydrogens (tertiary/aromatic N) is 3. The molecule has 1 unspecified atom stereocenters. The monoisotopic (exact) mass is 471 g/mol. The molecule has 0 bridgehead atoms. The molecule has 0 saturated carbocycles. The predicted octanol–water partition coefficient (Wildman–Crippen LogP) is 3.90. The molecule has 0 radical (unpaired) electrons. The Bertz CT molecular complexity index is 962. The fraction of sp³-hybridized carbons (Fsp3) is 0.111. The number of halogens is 4. The summed E-state index contributed by atoms with van der Waals surface area (Å²) in [6.45, 7) is 3.52. The average Bonchev–Trinajstić information content (AvgIpc) is 3.06. The first-order chi connectivity index (χ1) is 12.3. The van der Waals surface area contributed by atoms with Crippen LogP contribution >= 0.6 is 22.6 Å². The van der Waals surface area contributed by atoms with Gasteiger partial charge in [0.05, 0.1) is 6.54 Å². The highest BCUT2D eigenvalue weighted by Crippen LogP contribution is 2.39. The molecule has 1 heterocycles. The first-order valence-electron chi connectivity index (χ1n) is 7.46. The second-order valence-corrected chi connectivity index (χ2v) is 6.93. The fourth-order valence-corrected chi connectivity index (χ4v) is 3.13. The van der Waals surface area contributed by atoms with Crippen LogP contribution < -0.4 is 0 Å². The molecule has 1 N–H and O–H groups in total. The van der Waals surface area contributed by atoms with Gasteiger partial charge in [0.15, 0.2) is 0 Å². The Balaban J connectivity index is 2.15. The molecule has 1 atom stereocenters. The lowest BCUT2D eigenvalue weighted by Crippen LogP contribution is -2.34. The Kier molecular flexibility index (Phi) is 5.15. The van der Waals surface area contributed by atoms with Crippen molar-refractivity contribution in [3.8, 4) is 0 Å². The molecular weight excluding hydrogens is 458 g/mol. The molecule has 134 valence electrons. The summed E-state index contributed by atoms with van der Waals surface area (Å²) in [5, 5.41) is 15.2. The summed E-state index contributed by atoms with van der Waals surface area (Å²) in [5.74, 6) is -2.37. The van der Waals surface area contributed by atoms with E-state index in [2.05, 4.69) is 16.7 Å². The average molecular weight is 471 g/mol. The van der Waals surface area contributed by atoms with Gasteiger partial charge in [0, 0.05) is 20.8 Å². The molecule has 3 rings (SSSR count). The molecule has 3 aromatic rings. The first kappa shape index (κ1) is 18.6. The van der Waals surface area contributed by atoms with E-state index in [0.29, 0.717) is 9.64 Å². The Morgan fingerprint density at radius 2 is 1.92 bits per heavy atom. The van der Waals surface area contributed by atoms with Crippen LogP contribution in [0.4, 0.5) is 13.2 Å². The second kappa shape index (κ2) is 7.20. The lowest BCUT2D eigenvalue weighted by molar-refractivity contribution is 0.0723. The van der Waals surface area contributed by atoms with Crippen molar-refractivity contribution >= 4 is 28.2 Å². The summed E-state index contributed by atoms with van der Waals surface area (Å²) in [5.41, 5.74) is -2.36. The van der Waals surface area contributed by atoms with Crippen molar-refractivity contribution in [3.63, 3.8) is 0 Å². The maximum absolute atomic E-state index is 14.4. The van der Waals surface area contributed by atoms with E-state index in [1.165, 1.54) is 29.5 Å². The number of rotatable bonds is 5. The van der Waals surface area contributed by atoms with Gasteiger partial charge in [-0.15, -0.1) is 0 Å². The van der Waals surface area contributed by atoms with Crippen LogP contribution in [0, 0.1) is 21.0 Å². The van der Waals surface area contributed by atoms with E-state index < -0.39 is 23.1 Å². The number of aromatic nitrogens is 3. The molecule has 0 aliphatic rings. The molecule has 0 amide bonds. The van der Waals surface area contributed by atoms with Gasteiger partial charge in [-0.25, -0.2) is 22.8 Å². The van der Waals surface area contributed by atoms with E-state index in [1.807, 2.05) is 22.6 Å². The summed E-state index contributed by atoms with van der Waals surface area (Å²) >= 11 is 1.95. The third kappa shape index (κ3) is 3.51. The smallest absolute Gasteiger partial charge is 0.137 e. The Hall–Kier alpha value is -2.20. The number of aliphatic hydroxyl groups is 1.